The minimum Gasteiger partial charge on any atom is -0.336 e. The van der Waals surface area contributed by atoms with Crippen molar-refractivity contribution < 1.29 is 0 Å². The molecule has 0 aliphatic heterocycles. The number of benzene rings is 1. The van der Waals surface area contributed by atoms with E-state index >= 15 is 0 Å². The minimum absolute atomic E-state index is 0.254. The molecule has 1 aliphatic rings. The van der Waals surface area contributed by atoms with E-state index < -0.39 is 0 Å². The molecule has 0 spiro atoms. The first kappa shape index (κ1) is 17.8. The lowest BCUT2D eigenvalue weighted by atomic mass is 9.89. The van der Waals surface area contributed by atoms with Crippen molar-refractivity contribution in [2.24, 2.45) is 0 Å². The van der Waals surface area contributed by atoms with Crippen molar-refractivity contribution in [1.29, 1.82) is 0 Å². The van der Waals surface area contributed by atoms with Crippen LogP contribution in [0.1, 0.15) is 62.8 Å². The molecular formula is C21H26N4O2. The van der Waals surface area contributed by atoms with E-state index in [9.17, 15) is 9.59 Å². The molecule has 0 atom stereocenters. The Morgan fingerprint density at radius 2 is 1.81 bits per heavy atom. The fraction of sp³-hybridized carbons (Fsp3) is 0.476. The summed E-state index contributed by atoms with van der Waals surface area (Å²) in [5, 5.41) is 0. The van der Waals surface area contributed by atoms with Crippen LogP contribution < -0.4 is 11.2 Å². The zero-order valence-electron chi connectivity index (χ0n) is 15.8. The van der Waals surface area contributed by atoms with Gasteiger partial charge in [0, 0.05) is 12.5 Å². The second kappa shape index (κ2) is 7.55. The molecule has 3 aromatic rings. The van der Waals surface area contributed by atoms with Crippen LogP contribution in [0.15, 0.2) is 39.9 Å². The molecule has 0 unspecified atom stereocenters. The van der Waals surface area contributed by atoms with Gasteiger partial charge in [-0.05, 0) is 24.8 Å². The average molecular weight is 366 g/mol. The quantitative estimate of drug-likeness (QED) is 0.752. The highest BCUT2D eigenvalue weighted by molar-refractivity contribution is 5.70. The van der Waals surface area contributed by atoms with Gasteiger partial charge in [-0.2, -0.15) is 0 Å². The monoisotopic (exact) mass is 366 g/mol. The Hall–Kier alpha value is -2.63. The normalized spacial score (nSPS) is 15.4. The summed E-state index contributed by atoms with van der Waals surface area (Å²) in [4.78, 5) is 34.0. The van der Waals surface area contributed by atoms with E-state index in [1.807, 2.05) is 37.3 Å². The van der Waals surface area contributed by atoms with Gasteiger partial charge in [-0.3, -0.25) is 13.9 Å². The van der Waals surface area contributed by atoms with Crippen molar-refractivity contribution in [1.82, 2.24) is 19.1 Å². The van der Waals surface area contributed by atoms with Crippen LogP contribution in [0.25, 0.3) is 11.2 Å². The van der Waals surface area contributed by atoms with Crippen molar-refractivity contribution in [2.75, 3.05) is 0 Å². The van der Waals surface area contributed by atoms with Crippen LogP contribution in [0.5, 0.6) is 0 Å². The first-order valence-electron chi connectivity index (χ1n) is 9.96. The SMILES string of the molecule is CCCn1c(=O)c2[nH]c(C3CCCCC3)nc2n(Cc2ccccc2)c1=O. The molecule has 0 bridgehead atoms. The number of rotatable bonds is 5. The predicted molar refractivity (Wildman–Crippen MR) is 106 cm³/mol. The summed E-state index contributed by atoms with van der Waals surface area (Å²) in [6, 6.07) is 9.84. The molecule has 142 valence electrons. The molecule has 2 heterocycles. The highest BCUT2D eigenvalue weighted by Gasteiger charge is 2.22. The van der Waals surface area contributed by atoms with Gasteiger partial charge in [0.05, 0.1) is 6.54 Å². The number of nitrogens with zero attached hydrogens (tertiary/aromatic N) is 3. The summed E-state index contributed by atoms with van der Waals surface area (Å²) < 4.78 is 2.98. The van der Waals surface area contributed by atoms with Crippen molar-refractivity contribution >= 4 is 11.2 Å². The number of imidazole rings is 1. The standard InChI is InChI=1S/C21H26N4O2/c1-2-13-24-20(26)17-19(23-18(22-17)16-11-7-4-8-12-16)25(21(24)27)14-15-9-5-3-6-10-15/h3,5-6,9-10,16H,2,4,7-8,11-14H2,1H3,(H,22,23). The van der Waals surface area contributed by atoms with Crippen LogP contribution in [0.3, 0.4) is 0 Å². The molecule has 2 aromatic heterocycles. The smallest absolute Gasteiger partial charge is 0.333 e. The highest BCUT2D eigenvalue weighted by atomic mass is 16.2. The van der Waals surface area contributed by atoms with Gasteiger partial charge in [-0.25, -0.2) is 9.78 Å². The molecule has 1 aromatic carbocycles. The van der Waals surface area contributed by atoms with Crippen LogP contribution in [0.4, 0.5) is 0 Å². The number of hydrogen-bond donors (Lipinski definition) is 1. The molecule has 0 amide bonds. The topological polar surface area (TPSA) is 72.7 Å². The lowest BCUT2D eigenvalue weighted by molar-refractivity contribution is 0.431. The number of aromatic nitrogens is 4. The third kappa shape index (κ3) is 3.36. The van der Waals surface area contributed by atoms with Gasteiger partial charge in [-0.1, -0.05) is 56.5 Å². The number of H-pyrrole nitrogens is 1. The van der Waals surface area contributed by atoms with Gasteiger partial charge in [0.25, 0.3) is 5.56 Å². The lowest BCUT2D eigenvalue weighted by Gasteiger charge is -2.18. The van der Waals surface area contributed by atoms with Crippen LogP contribution in [0.2, 0.25) is 0 Å². The fourth-order valence-corrected chi connectivity index (χ4v) is 4.08. The molecule has 1 aliphatic carbocycles. The number of hydrogen-bond acceptors (Lipinski definition) is 3. The lowest BCUT2D eigenvalue weighted by Crippen LogP contribution is -2.40. The van der Waals surface area contributed by atoms with E-state index in [2.05, 4.69) is 4.98 Å². The molecular weight excluding hydrogens is 340 g/mol. The highest BCUT2D eigenvalue weighted by Crippen LogP contribution is 2.31. The van der Waals surface area contributed by atoms with Crippen LogP contribution in [0, 0.1) is 0 Å². The second-order valence-electron chi connectivity index (χ2n) is 7.47. The van der Waals surface area contributed by atoms with E-state index in [4.69, 9.17) is 4.98 Å². The van der Waals surface area contributed by atoms with Gasteiger partial charge in [0.1, 0.15) is 11.3 Å². The van der Waals surface area contributed by atoms with Crippen LogP contribution in [-0.2, 0) is 13.1 Å². The molecule has 0 saturated heterocycles. The van der Waals surface area contributed by atoms with Gasteiger partial charge < -0.3 is 4.98 Å². The Balaban J connectivity index is 1.89. The molecule has 27 heavy (non-hydrogen) atoms. The number of nitrogens with one attached hydrogen (secondary N) is 1. The maximum atomic E-state index is 13.1. The summed E-state index contributed by atoms with van der Waals surface area (Å²) in [5.74, 6) is 1.21. The minimum atomic E-state index is -0.278. The Labute approximate surface area is 157 Å². The average Bonchev–Trinajstić information content (AvgIpc) is 3.16. The summed E-state index contributed by atoms with van der Waals surface area (Å²) in [6.45, 7) is 2.80. The van der Waals surface area contributed by atoms with Crippen LogP contribution in [-0.4, -0.2) is 19.1 Å². The van der Waals surface area contributed by atoms with E-state index in [0.717, 1.165) is 30.7 Å². The Morgan fingerprint density at radius 1 is 1.07 bits per heavy atom. The first-order chi connectivity index (χ1) is 13.2. The maximum absolute atomic E-state index is 13.1. The fourth-order valence-electron chi connectivity index (χ4n) is 4.08. The Morgan fingerprint density at radius 3 is 2.52 bits per heavy atom. The number of aromatic amines is 1. The third-order valence-corrected chi connectivity index (χ3v) is 5.50. The second-order valence-corrected chi connectivity index (χ2v) is 7.47. The van der Waals surface area contributed by atoms with Crippen molar-refractivity contribution in [3.05, 3.63) is 62.6 Å². The van der Waals surface area contributed by atoms with Crippen molar-refractivity contribution in [3.8, 4) is 0 Å². The first-order valence-corrected chi connectivity index (χ1v) is 9.96. The molecule has 0 radical (unpaired) electrons. The summed E-state index contributed by atoms with van der Waals surface area (Å²) in [5.41, 5.74) is 1.43. The maximum Gasteiger partial charge on any atom is 0.333 e. The largest absolute Gasteiger partial charge is 0.336 e. The summed E-state index contributed by atoms with van der Waals surface area (Å²) >= 11 is 0. The third-order valence-electron chi connectivity index (χ3n) is 5.50. The van der Waals surface area contributed by atoms with Gasteiger partial charge >= 0.3 is 5.69 Å². The summed E-state index contributed by atoms with van der Waals surface area (Å²) in [6.07, 6.45) is 6.56. The van der Waals surface area contributed by atoms with E-state index in [-0.39, 0.29) is 11.2 Å². The van der Waals surface area contributed by atoms with Gasteiger partial charge in [-0.15, -0.1) is 0 Å². The molecule has 1 saturated carbocycles. The molecule has 4 rings (SSSR count). The van der Waals surface area contributed by atoms with Crippen molar-refractivity contribution in [2.45, 2.75) is 64.5 Å². The van der Waals surface area contributed by atoms with Crippen LogP contribution >= 0.6 is 0 Å². The zero-order chi connectivity index (χ0) is 18.8. The summed E-state index contributed by atoms with van der Waals surface area (Å²) in [7, 11) is 0. The van der Waals surface area contributed by atoms with E-state index in [0.29, 0.717) is 30.2 Å². The zero-order valence-corrected chi connectivity index (χ0v) is 15.8. The molecule has 1 fully saturated rings. The predicted octanol–water partition coefficient (Wildman–Crippen LogP) is 3.39. The van der Waals surface area contributed by atoms with Gasteiger partial charge in [0.2, 0.25) is 0 Å². The van der Waals surface area contributed by atoms with E-state index in [1.165, 1.54) is 23.8 Å². The molecule has 6 nitrogen and oxygen atoms in total. The van der Waals surface area contributed by atoms with Crippen molar-refractivity contribution in [3.63, 3.8) is 0 Å². The Kier molecular flexibility index (Phi) is 4.97. The van der Waals surface area contributed by atoms with Gasteiger partial charge in [0.15, 0.2) is 5.65 Å². The number of fused-ring (bicyclic) bond motifs is 1. The van der Waals surface area contributed by atoms with E-state index in [1.54, 1.807) is 4.57 Å². The molecule has 6 heteroatoms. The Bertz CT molecular complexity index is 1040. The molecule has 1 N–H and O–H groups in total.